The lowest BCUT2D eigenvalue weighted by Gasteiger charge is -2.19. The Hall–Kier alpha value is -1.07. The van der Waals surface area contributed by atoms with Gasteiger partial charge in [0.25, 0.3) is 0 Å². The van der Waals surface area contributed by atoms with Crippen LogP contribution in [0.2, 0.25) is 15.2 Å². The molecule has 1 amide bonds. The van der Waals surface area contributed by atoms with Crippen LogP contribution in [0.15, 0.2) is 30.6 Å². The first-order valence-electron chi connectivity index (χ1n) is 4.91. The summed E-state index contributed by atoms with van der Waals surface area (Å²) in [5.74, 6) is 0.235. The highest BCUT2D eigenvalue weighted by Gasteiger charge is 2.18. The average molecular weight is 337 g/mol. The van der Waals surface area contributed by atoms with Gasteiger partial charge in [0.1, 0.15) is 17.3 Å². The molecule has 8 heteroatoms. The Labute approximate surface area is 128 Å². The molecule has 2 rings (SSSR count). The Morgan fingerprint density at radius 3 is 2.37 bits per heavy atom. The number of nitrogens with zero attached hydrogens (tertiary/aromatic N) is 3. The highest BCUT2D eigenvalue weighted by molar-refractivity contribution is 6.67. The fourth-order valence-corrected chi connectivity index (χ4v) is 2.01. The van der Waals surface area contributed by atoms with Crippen molar-refractivity contribution < 1.29 is 4.79 Å². The molecule has 0 unspecified atom stereocenters. The van der Waals surface area contributed by atoms with E-state index in [1.54, 1.807) is 12.1 Å². The molecule has 0 aliphatic carbocycles. The van der Waals surface area contributed by atoms with Crippen molar-refractivity contribution in [1.82, 2.24) is 9.97 Å². The highest BCUT2D eigenvalue weighted by atomic mass is 35.5. The standard InChI is InChI=1S/C11H5Cl4N3O/c12-7-2-1-6(3-8(7)13)18(11(15)19)10-4-9(14)16-5-17-10/h1-5H. The van der Waals surface area contributed by atoms with Crippen molar-refractivity contribution in [2.24, 2.45) is 0 Å². The van der Waals surface area contributed by atoms with Crippen molar-refractivity contribution in [1.29, 1.82) is 0 Å². The van der Waals surface area contributed by atoms with E-state index < -0.39 is 5.37 Å². The number of aromatic nitrogens is 2. The van der Waals surface area contributed by atoms with Crippen molar-refractivity contribution in [2.75, 3.05) is 4.90 Å². The van der Waals surface area contributed by atoms with E-state index in [9.17, 15) is 4.79 Å². The van der Waals surface area contributed by atoms with Crippen LogP contribution in [0.1, 0.15) is 0 Å². The maximum absolute atomic E-state index is 11.6. The quantitative estimate of drug-likeness (QED) is 0.443. The van der Waals surface area contributed by atoms with Crippen LogP contribution in [0.25, 0.3) is 0 Å². The summed E-state index contributed by atoms with van der Waals surface area (Å²) >= 11 is 23.1. The number of anilines is 2. The maximum atomic E-state index is 11.6. The predicted molar refractivity (Wildman–Crippen MR) is 76.9 cm³/mol. The zero-order valence-electron chi connectivity index (χ0n) is 9.15. The van der Waals surface area contributed by atoms with E-state index in [4.69, 9.17) is 46.4 Å². The zero-order chi connectivity index (χ0) is 14.0. The number of carbonyl (C=O) groups excluding carboxylic acids is 1. The Morgan fingerprint density at radius 1 is 1.05 bits per heavy atom. The number of rotatable bonds is 2. The predicted octanol–water partition coefficient (Wildman–Crippen LogP) is 4.93. The summed E-state index contributed by atoms with van der Waals surface area (Å²) in [6.07, 6.45) is 1.22. The smallest absolute Gasteiger partial charge is 0.255 e. The molecule has 2 aromatic rings. The van der Waals surface area contributed by atoms with Gasteiger partial charge in [-0.3, -0.25) is 9.69 Å². The molecule has 4 nitrogen and oxygen atoms in total. The number of amides is 1. The van der Waals surface area contributed by atoms with Gasteiger partial charge in [0.15, 0.2) is 0 Å². The van der Waals surface area contributed by atoms with Crippen LogP contribution in [0, 0.1) is 0 Å². The van der Waals surface area contributed by atoms with Gasteiger partial charge in [-0.1, -0.05) is 34.8 Å². The SMILES string of the molecule is O=C(Cl)N(c1ccc(Cl)c(Cl)c1)c1cc(Cl)ncn1. The minimum Gasteiger partial charge on any atom is -0.255 e. The van der Waals surface area contributed by atoms with Gasteiger partial charge in [-0.2, -0.15) is 0 Å². The monoisotopic (exact) mass is 335 g/mol. The van der Waals surface area contributed by atoms with Crippen molar-refractivity contribution in [3.05, 3.63) is 45.8 Å². The topological polar surface area (TPSA) is 46.1 Å². The molecule has 0 saturated heterocycles. The molecule has 0 aliphatic heterocycles. The molecule has 0 atom stereocenters. The van der Waals surface area contributed by atoms with Crippen molar-refractivity contribution >= 4 is 63.3 Å². The lowest BCUT2D eigenvalue weighted by atomic mass is 10.3. The van der Waals surface area contributed by atoms with E-state index in [-0.39, 0.29) is 11.0 Å². The van der Waals surface area contributed by atoms with E-state index in [0.717, 1.165) is 4.90 Å². The number of benzene rings is 1. The normalized spacial score (nSPS) is 10.3. The first kappa shape index (κ1) is 14.3. The average Bonchev–Trinajstić information content (AvgIpc) is 2.33. The van der Waals surface area contributed by atoms with E-state index in [1.807, 2.05) is 0 Å². The molecule has 1 aromatic heterocycles. The number of carbonyl (C=O) groups is 1. The molecule has 0 bridgehead atoms. The summed E-state index contributed by atoms with van der Waals surface area (Å²) in [6, 6.07) is 6.05. The molecule has 19 heavy (non-hydrogen) atoms. The molecule has 1 heterocycles. The summed E-state index contributed by atoms with van der Waals surface area (Å²) in [5.41, 5.74) is 0.421. The van der Waals surface area contributed by atoms with Gasteiger partial charge in [-0.15, -0.1) is 0 Å². The van der Waals surface area contributed by atoms with Crippen molar-refractivity contribution in [3.8, 4) is 0 Å². The van der Waals surface area contributed by atoms with E-state index in [1.165, 1.54) is 18.5 Å². The molecule has 0 radical (unpaired) electrons. The first-order chi connectivity index (χ1) is 8.99. The van der Waals surface area contributed by atoms with Gasteiger partial charge in [0.05, 0.1) is 15.7 Å². The summed E-state index contributed by atoms with van der Waals surface area (Å²) in [5, 5.41) is 0.0940. The fourth-order valence-electron chi connectivity index (χ4n) is 1.39. The minimum atomic E-state index is -0.756. The van der Waals surface area contributed by atoms with Gasteiger partial charge in [-0.25, -0.2) is 9.97 Å². The highest BCUT2D eigenvalue weighted by Crippen LogP contribution is 2.31. The van der Waals surface area contributed by atoms with Crippen LogP contribution in [-0.2, 0) is 0 Å². The van der Waals surface area contributed by atoms with Gasteiger partial charge in [0.2, 0.25) is 0 Å². The Bertz CT molecular complexity index is 635. The second-order valence-corrected chi connectivity index (χ2v) is 4.91. The molecule has 0 aliphatic rings. The van der Waals surface area contributed by atoms with Gasteiger partial charge in [0, 0.05) is 6.07 Å². The zero-order valence-corrected chi connectivity index (χ0v) is 12.2. The first-order valence-corrected chi connectivity index (χ1v) is 6.42. The van der Waals surface area contributed by atoms with Crippen LogP contribution in [0.3, 0.4) is 0 Å². The van der Waals surface area contributed by atoms with Crippen LogP contribution in [0.4, 0.5) is 16.3 Å². The van der Waals surface area contributed by atoms with E-state index in [0.29, 0.717) is 15.7 Å². The largest absolute Gasteiger partial charge is 0.326 e. The molecule has 0 saturated carbocycles. The second kappa shape index (κ2) is 5.92. The second-order valence-electron chi connectivity index (χ2n) is 3.39. The number of halogens is 4. The summed E-state index contributed by atoms with van der Waals surface area (Å²) in [4.78, 5) is 20.4. The fraction of sp³-hybridized carbons (Fsp3) is 0. The molecular weight excluding hydrogens is 332 g/mol. The molecule has 98 valence electrons. The maximum Gasteiger partial charge on any atom is 0.326 e. The van der Waals surface area contributed by atoms with Crippen molar-refractivity contribution in [2.45, 2.75) is 0 Å². The van der Waals surface area contributed by atoms with E-state index >= 15 is 0 Å². The number of hydrogen-bond donors (Lipinski definition) is 0. The lowest BCUT2D eigenvalue weighted by molar-refractivity contribution is 0.266. The van der Waals surface area contributed by atoms with Gasteiger partial charge >= 0.3 is 5.37 Å². The van der Waals surface area contributed by atoms with E-state index in [2.05, 4.69) is 9.97 Å². The summed E-state index contributed by atoms with van der Waals surface area (Å²) in [7, 11) is 0. The third-order valence-corrected chi connectivity index (χ3v) is 3.30. The molecular formula is C11H5Cl4N3O. The van der Waals surface area contributed by atoms with Crippen LogP contribution < -0.4 is 4.90 Å². The molecule has 0 N–H and O–H groups in total. The molecule has 1 aromatic carbocycles. The minimum absolute atomic E-state index is 0.188. The third kappa shape index (κ3) is 3.28. The summed E-state index contributed by atoms with van der Waals surface area (Å²) < 4.78 is 0. The van der Waals surface area contributed by atoms with Crippen molar-refractivity contribution in [3.63, 3.8) is 0 Å². The third-order valence-electron chi connectivity index (χ3n) is 2.19. The van der Waals surface area contributed by atoms with Gasteiger partial charge in [-0.05, 0) is 29.8 Å². The van der Waals surface area contributed by atoms with Crippen LogP contribution in [-0.4, -0.2) is 15.3 Å². The lowest BCUT2D eigenvalue weighted by Crippen LogP contribution is -2.20. The van der Waals surface area contributed by atoms with Crippen LogP contribution in [0.5, 0.6) is 0 Å². The Kier molecular flexibility index (Phi) is 4.47. The van der Waals surface area contributed by atoms with Gasteiger partial charge < -0.3 is 0 Å². The summed E-state index contributed by atoms with van der Waals surface area (Å²) in [6.45, 7) is 0. The Morgan fingerprint density at radius 2 is 1.79 bits per heavy atom. The van der Waals surface area contributed by atoms with Crippen LogP contribution >= 0.6 is 46.4 Å². The molecule has 0 spiro atoms. The molecule has 0 fully saturated rings. The number of hydrogen-bond acceptors (Lipinski definition) is 3. The Balaban J connectivity index is 2.51.